The molecule has 13 heteroatoms. The Morgan fingerprint density at radius 1 is 1.18 bits per heavy atom. The van der Waals surface area contributed by atoms with Gasteiger partial charge in [0.05, 0.1) is 30.8 Å². The lowest BCUT2D eigenvalue weighted by atomic mass is 10.1. The van der Waals surface area contributed by atoms with Crippen LogP contribution in [0.4, 0.5) is 5.69 Å². The normalized spacial score (nSPS) is 13.1. The molecule has 0 spiro atoms. The van der Waals surface area contributed by atoms with Gasteiger partial charge < -0.3 is 43.0 Å². The fraction of sp³-hybridized carbons (Fsp3) is 0.480. The van der Waals surface area contributed by atoms with E-state index in [-0.39, 0.29) is 18.4 Å². The minimum atomic E-state index is -1.39. The zero-order valence-corrected chi connectivity index (χ0v) is 21.8. The minimum absolute atomic E-state index is 0.0616. The molecule has 10 N–H and O–H groups in total. The number of anilines is 1. The SMILES string of the molecule is COc1cc(NC(C)CCCNC(=O)C[C@H](NC(=O)[C@H](N)CCCN=C(N)N)C(=O)O)c2ncccc2c1. The second-order valence-electron chi connectivity index (χ2n) is 8.95. The number of nitrogens with two attached hydrogens (primary N) is 3. The van der Waals surface area contributed by atoms with Crippen molar-refractivity contribution in [1.82, 2.24) is 15.6 Å². The number of carbonyl (C=O) groups is 3. The number of aliphatic imine (C=N–C) groups is 1. The second-order valence-corrected chi connectivity index (χ2v) is 8.95. The highest BCUT2D eigenvalue weighted by Gasteiger charge is 2.25. The van der Waals surface area contributed by atoms with Gasteiger partial charge >= 0.3 is 5.97 Å². The molecule has 0 bridgehead atoms. The van der Waals surface area contributed by atoms with Gasteiger partial charge in [-0.25, -0.2) is 4.79 Å². The van der Waals surface area contributed by atoms with Gasteiger partial charge in [-0.05, 0) is 44.7 Å². The molecule has 0 aliphatic heterocycles. The average molecular weight is 531 g/mol. The molecule has 0 saturated heterocycles. The molecular weight excluding hydrogens is 492 g/mol. The van der Waals surface area contributed by atoms with Gasteiger partial charge in [-0.2, -0.15) is 0 Å². The van der Waals surface area contributed by atoms with Crippen molar-refractivity contribution in [3.63, 3.8) is 0 Å². The maximum Gasteiger partial charge on any atom is 0.326 e. The van der Waals surface area contributed by atoms with E-state index in [1.54, 1.807) is 13.3 Å². The van der Waals surface area contributed by atoms with Gasteiger partial charge in [-0.15, -0.1) is 0 Å². The topological polar surface area (TPSA) is 220 Å². The fourth-order valence-electron chi connectivity index (χ4n) is 3.75. The van der Waals surface area contributed by atoms with Crippen molar-refractivity contribution in [3.05, 3.63) is 30.5 Å². The third-order valence-electron chi connectivity index (χ3n) is 5.76. The highest BCUT2D eigenvalue weighted by molar-refractivity contribution is 5.92. The van der Waals surface area contributed by atoms with E-state index in [4.69, 9.17) is 21.9 Å². The van der Waals surface area contributed by atoms with E-state index in [2.05, 4.69) is 25.9 Å². The van der Waals surface area contributed by atoms with E-state index in [1.807, 2.05) is 31.2 Å². The highest BCUT2D eigenvalue weighted by Crippen LogP contribution is 2.28. The van der Waals surface area contributed by atoms with Crippen molar-refractivity contribution in [2.75, 3.05) is 25.5 Å². The maximum atomic E-state index is 12.3. The molecule has 1 aromatic heterocycles. The summed E-state index contributed by atoms with van der Waals surface area (Å²) in [5, 5.41) is 18.8. The van der Waals surface area contributed by atoms with Crippen molar-refractivity contribution < 1.29 is 24.2 Å². The van der Waals surface area contributed by atoms with Gasteiger partial charge in [0.1, 0.15) is 11.8 Å². The summed E-state index contributed by atoms with van der Waals surface area (Å²) in [6, 6.07) is 5.38. The smallest absolute Gasteiger partial charge is 0.326 e. The molecule has 0 saturated carbocycles. The monoisotopic (exact) mass is 530 g/mol. The number of carbonyl (C=O) groups excluding carboxylic acids is 2. The molecule has 38 heavy (non-hydrogen) atoms. The molecule has 0 aliphatic carbocycles. The number of aliphatic carboxylic acids is 1. The van der Waals surface area contributed by atoms with Crippen LogP contribution in [-0.4, -0.2) is 72.2 Å². The molecule has 1 unspecified atom stereocenters. The van der Waals surface area contributed by atoms with E-state index in [1.165, 1.54) is 0 Å². The van der Waals surface area contributed by atoms with E-state index < -0.39 is 36.3 Å². The van der Waals surface area contributed by atoms with Crippen molar-refractivity contribution in [3.8, 4) is 5.75 Å². The number of ether oxygens (including phenoxy) is 1. The van der Waals surface area contributed by atoms with Crippen LogP contribution in [0.15, 0.2) is 35.5 Å². The molecule has 1 aromatic carbocycles. The zero-order chi connectivity index (χ0) is 28.1. The van der Waals surface area contributed by atoms with Crippen LogP contribution in [0.3, 0.4) is 0 Å². The van der Waals surface area contributed by atoms with Gasteiger partial charge in [0.15, 0.2) is 5.96 Å². The number of hydrogen-bond acceptors (Lipinski definition) is 8. The number of carboxylic acid groups (broad SMARTS) is 1. The Morgan fingerprint density at radius 2 is 1.95 bits per heavy atom. The first-order chi connectivity index (χ1) is 18.1. The van der Waals surface area contributed by atoms with Crippen LogP contribution in [0.2, 0.25) is 0 Å². The highest BCUT2D eigenvalue weighted by atomic mass is 16.5. The number of pyridine rings is 1. The molecule has 2 aromatic rings. The third-order valence-corrected chi connectivity index (χ3v) is 5.76. The summed E-state index contributed by atoms with van der Waals surface area (Å²) >= 11 is 0. The fourth-order valence-corrected chi connectivity index (χ4v) is 3.75. The standard InChI is InChI=1S/C25H38N8O5/c1-15(32-19-13-17(38-2)12-16-7-4-10-30-22(16)19)6-3-9-29-21(34)14-20(24(36)37)33-23(35)18(26)8-5-11-31-25(27)28/h4,7,10,12-13,15,18,20,32H,3,5-6,8-9,11,14,26H2,1-2H3,(H,29,34)(H,33,35)(H,36,37)(H4,27,28,31)/t15?,18-,20+/m1/s1. The Labute approximate surface area is 221 Å². The van der Waals surface area contributed by atoms with Crippen LogP contribution in [0, 0.1) is 0 Å². The molecule has 0 radical (unpaired) electrons. The van der Waals surface area contributed by atoms with Crippen LogP contribution in [0.25, 0.3) is 10.9 Å². The number of guanidine groups is 1. The number of fused-ring (bicyclic) bond motifs is 1. The Hall–Kier alpha value is -4.13. The summed E-state index contributed by atoms with van der Waals surface area (Å²) in [5.74, 6) is -1.80. The van der Waals surface area contributed by atoms with Gasteiger partial charge in [0.2, 0.25) is 11.8 Å². The lowest BCUT2D eigenvalue weighted by molar-refractivity contribution is -0.143. The lowest BCUT2D eigenvalue weighted by Gasteiger charge is -2.18. The van der Waals surface area contributed by atoms with Crippen LogP contribution in [-0.2, 0) is 14.4 Å². The van der Waals surface area contributed by atoms with Crippen LogP contribution in [0.1, 0.15) is 39.0 Å². The Kier molecular flexibility index (Phi) is 12.0. The summed E-state index contributed by atoms with van der Waals surface area (Å²) < 4.78 is 5.38. The number of hydrogen-bond donors (Lipinski definition) is 7. The first-order valence-electron chi connectivity index (χ1n) is 12.4. The van der Waals surface area contributed by atoms with Crippen LogP contribution < -0.4 is 37.9 Å². The van der Waals surface area contributed by atoms with E-state index in [9.17, 15) is 19.5 Å². The van der Waals surface area contributed by atoms with Crippen molar-refractivity contribution in [2.24, 2.45) is 22.2 Å². The first kappa shape index (κ1) is 30.1. The maximum absolute atomic E-state index is 12.3. The molecular formula is C25H38N8O5. The number of aromatic nitrogens is 1. The van der Waals surface area contributed by atoms with Crippen molar-refractivity contribution >= 4 is 40.3 Å². The number of rotatable bonds is 16. The lowest BCUT2D eigenvalue weighted by Crippen LogP contribution is -2.50. The first-order valence-corrected chi connectivity index (χ1v) is 12.4. The van der Waals surface area contributed by atoms with Gasteiger partial charge in [-0.3, -0.25) is 19.6 Å². The molecule has 13 nitrogen and oxygen atoms in total. The van der Waals surface area contributed by atoms with E-state index >= 15 is 0 Å². The van der Waals surface area contributed by atoms with Gasteiger partial charge in [0.25, 0.3) is 0 Å². The number of carboxylic acids is 1. The van der Waals surface area contributed by atoms with Crippen molar-refractivity contribution in [1.29, 1.82) is 0 Å². The van der Waals surface area contributed by atoms with Crippen molar-refractivity contribution in [2.45, 2.75) is 57.2 Å². The predicted octanol–water partition coefficient (Wildman–Crippen LogP) is 0.281. The number of nitrogens with zero attached hydrogens (tertiary/aromatic N) is 2. The second kappa shape index (κ2) is 15.2. The summed E-state index contributed by atoms with van der Waals surface area (Å²) in [4.78, 5) is 44.3. The van der Waals surface area contributed by atoms with Crippen LogP contribution >= 0.6 is 0 Å². The van der Waals surface area contributed by atoms with Gasteiger partial charge in [-0.1, -0.05) is 6.07 Å². The number of benzene rings is 1. The largest absolute Gasteiger partial charge is 0.497 e. The predicted molar refractivity (Wildman–Crippen MR) is 146 cm³/mol. The summed E-state index contributed by atoms with van der Waals surface area (Å²) in [5.41, 5.74) is 18.0. The molecule has 2 amide bonds. The molecule has 2 rings (SSSR count). The average Bonchev–Trinajstić information content (AvgIpc) is 2.88. The Balaban J connectivity index is 1.76. The zero-order valence-electron chi connectivity index (χ0n) is 21.8. The van der Waals surface area contributed by atoms with E-state index in [0.717, 1.165) is 28.8 Å². The quantitative estimate of drug-likeness (QED) is 0.0892. The summed E-state index contributed by atoms with van der Waals surface area (Å²) in [6.07, 6.45) is 3.42. The number of nitrogens with one attached hydrogen (secondary N) is 3. The molecule has 0 aliphatic rings. The summed E-state index contributed by atoms with van der Waals surface area (Å²) in [7, 11) is 1.61. The minimum Gasteiger partial charge on any atom is -0.497 e. The summed E-state index contributed by atoms with van der Waals surface area (Å²) in [6.45, 7) is 2.68. The molecule has 0 fully saturated rings. The van der Waals surface area contributed by atoms with Gasteiger partial charge in [0, 0.05) is 36.8 Å². The Morgan fingerprint density at radius 3 is 2.63 bits per heavy atom. The number of amides is 2. The number of methoxy groups -OCH3 is 1. The Bertz CT molecular complexity index is 1120. The molecule has 208 valence electrons. The molecule has 3 atom stereocenters. The third kappa shape index (κ3) is 10.1. The molecule has 1 heterocycles. The van der Waals surface area contributed by atoms with E-state index in [0.29, 0.717) is 25.9 Å². The van der Waals surface area contributed by atoms with Crippen LogP contribution in [0.5, 0.6) is 5.75 Å².